The topological polar surface area (TPSA) is 84.7 Å². The van der Waals surface area contributed by atoms with Crippen LogP contribution >= 0.6 is 23.2 Å². The molecule has 0 spiro atoms. The SMILES string of the molecule is COC(=O)c1nn(-c2ccc(Cl)c(Cl)c2)cc1CN(C)CC(=O)O. The van der Waals surface area contributed by atoms with Crippen LogP contribution in [0, 0.1) is 0 Å². The molecule has 7 nitrogen and oxygen atoms in total. The number of methoxy groups -OCH3 is 1. The fourth-order valence-corrected chi connectivity index (χ4v) is 2.42. The highest BCUT2D eigenvalue weighted by atomic mass is 35.5. The third-order valence-corrected chi connectivity index (χ3v) is 3.92. The highest BCUT2D eigenvalue weighted by Gasteiger charge is 2.20. The number of halogens is 2. The second kappa shape index (κ2) is 7.65. The number of ether oxygens (including phenoxy) is 1. The van der Waals surface area contributed by atoms with E-state index in [-0.39, 0.29) is 18.8 Å². The Morgan fingerprint density at radius 2 is 2.04 bits per heavy atom. The second-order valence-electron chi connectivity index (χ2n) is 5.10. The van der Waals surface area contributed by atoms with Crippen molar-refractivity contribution in [3.05, 3.63) is 45.7 Å². The molecule has 1 heterocycles. The largest absolute Gasteiger partial charge is 0.480 e. The molecule has 0 bridgehead atoms. The Labute approximate surface area is 148 Å². The number of carbonyl (C=O) groups excluding carboxylic acids is 1. The molecule has 0 unspecified atom stereocenters. The Morgan fingerprint density at radius 1 is 1.33 bits per heavy atom. The smallest absolute Gasteiger partial charge is 0.358 e. The third kappa shape index (κ3) is 4.25. The molecular weight excluding hydrogens is 357 g/mol. The minimum atomic E-state index is -0.964. The Balaban J connectivity index is 2.38. The van der Waals surface area contributed by atoms with Gasteiger partial charge in [-0.2, -0.15) is 5.10 Å². The van der Waals surface area contributed by atoms with E-state index in [9.17, 15) is 9.59 Å². The van der Waals surface area contributed by atoms with Gasteiger partial charge in [0.05, 0.1) is 29.4 Å². The van der Waals surface area contributed by atoms with Crippen LogP contribution in [0.3, 0.4) is 0 Å². The summed E-state index contributed by atoms with van der Waals surface area (Å²) in [4.78, 5) is 24.3. The molecular formula is C15H15Cl2N3O4. The molecule has 24 heavy (non-hydrogen) atoms. The Hall–Kier alpha value is -2.09. The Bertz CT molecular complexity index is 776. The zero-order valence-corrected chi connectivity index (χ0v) is 14.5. The van der Waals surface area contributed by atoms with Gasteiger partial charge in [0.2, 0.25) is 0 Å². The lowest BCUT2D eigenvalue weighted by atomic mass is 10.2. The first-order valence-electron chi connectivity index (χ1n) is 6.84. The van der Waals surface area contributed by atoms with Crippen LogP contribution in [-0.2, 0) is 16.1 Å². The first-order valence-corrected chi connectivity index (χ1v) is 7.60. The Kier molecular flexibility index (Phi) is 5.82. The number of carboxylic acids is 1. The van der Waals surface area contributed by atoms with Crippen LogP contribution in [0.5, 0.6) is 0 Å². The lowest BCUT2D eigenvalue weighted by Gasteiger charge is -2.12. The van der Waals surface area contributed by atoms with Gasteiger partial charge in [-0.25, -0.2) is 9.48 Å². The molecule has 0 aliphatic rings. The lowest BCUT2D eigenvalue weighted by Crippen LogP contribution is -2.25. The summed E-state index contributed by atoms with van der Waals surface area (Å²) in [6.07, 6.45) is 1.63. The lowest BCUT2D eigenvalue weighted by molar-refractivity contribution is -0.138. The van der Waals surface area contributed by atoms with Crippen LogP contribution in [0.1, 0.15) is 16.1 Å². The summed E-state index contributed by atoms with van der Waals surface area (Å²) in [5, 5.41) is 13.8. The van der Waals surface area contributed by atoms with Gasteiger partial charge < -0.3 is 9.84 Å². The van der Waals surface area contributed by atoms with E-state index in [0.29, 0.717) is 21.3 Å². The summed E-state index contributed by atoms with van der Waals surface area (Å²) < 4.78 is 6.21. The van der Waals surface area contributed by atoms with E-state index < -0.39 is 11.9 Å². The zero-order chi connectivity index (χ0) is 17.9. The normalized spacial score (nSPS) is 10.9. The number of likely N-dealkylation sites (N-methyl/N-ethyl adjacent to an activating group) is 1. The van der Waals surface area contributed by atoms with E-state index in [4.69, 9.17) is 33.0 Å². The zero-order valence-electron chi connectivity index (χ0n) is 13.0. The maximum atomic E-state index is 11.9. The number of nitrogens with zero attached hydrogens (tertiary/aromatic N) is 3. The number of carbonyl (C=O) groups is 2. The van der Waals surface area contributed by atoms with Gasteiger partial charge in [0, 0.05) is 18.3 Å². The maximum absolute atomic E-state index is 11.9. The van der Waals surface area contributed by atoms with Gasteiger partial charge in [-0.3, -0.25) is 9.69 Å². The van der Waals surface area contributed by atoms with Gasteiger partial charge in [-0.15, -0.1) is 0 Å². The minimum absolute atomic E-state index is 0.112. The van der Waals surface area contributed by atoms with Crippen molar-refractivity contribution >= 4 is 35.1 Å². The number of hydrogen-bond acceptors (Lipinski definition) is 5. The molecule has 0 fully saturated rings. The molecule has 1 aromatic heterocycles. The quantitative estimate of drug-likeness (QED) is 0.785. The van der Waals surface area contributed by atoms with Gasteiger partial charge >= 0.3 is 11.9 Å². The molecule has 2 aromatic rings. The van der Waals surface area contributed by atoms with Crippen molar-refractivity contribution in [2.24, 2.45) is 0 Å². The second-order valence-corrected chi connectivity index (χ2v) is 5.92. The summed E-state index contributed by atoms with van der Waals surface area (Å²) >= 11 is 11.9. The first-order chi connectivity index (χ1) is 11.3. The number of esters is 1. The van der Waals surface area contributed by atoms with Crippen molar-refractivity contribution in [3.8, 4) is 5.69 Å². The molecule has 2 rings (SSSR count). The van der Waals surface area contributed by atoms with Gasteiger partial charge in [0.15, 0.2) is 5.69 Å². The highest BCUT2D eigenvalue weighted by Crippen LogP contribution is 2.25. The van der Waals surface area contributed by atoms with Crippen LogP contribution in [0.2, 0.25) is 10.0 Å². The van der Waals surface area contributed by atoms with Crippen LogP contribution < -0.4 is 0 Å². The van der Waals surface area contributed by atoms with Crippen molar-refractivity contribution in [2.75, 3.05) is 20.7 Å². The maximum Gasteiger partial charge on any atom is 0.358 e. The van der Waals surface area contributed by atoms with Gasteiger partial charge in [0.1, 0.15) is 0 Å². The number of carboxylic acid groups (broad SMARTS) is 1. The van der Waals surface area contributed by atoms with Crippen LogP contribution in [0.15, 0.2) is 24.4 Å². The van der Waals surface area contributed by atoms with E-state index in [2.05, 4.69) is 5.10 Å². The van der Waals surface area contributed by atoms with Gasteiger partial charge in [-0.1, -0.05) is 23.2 Å². The number of rotatable bonds is 6. The molecule has 0 amide bonds. The average molecular weight is 372 g/mol. The van der Waals surface area contributed by atoms with E-state index >= 15 is 0 Å². The summed E-state index contributed by atoms with van der Waals surface area (Å²) in [6.45, 7) is 0.0522. The molecule has 0 atom stereocenters. The highest BCUT2D eigenvalue weighted by molar-refractivity contribution is 6.42. The van der Waals surface area contributed by atoms with E-state index in [1.807, 2.05) is 0 Å². The standard InChI is InChI=1S/C15H15Cl2N3O4/c1-19(8-13(21)22)6-9-7-20(18-14(9)15(23)24-2)10-3-4-11(16)12(17)5-10/h3-5,7H,6,8H2,1-2H3,(H,21,22). The van der Waals surface area contributed by atoms with Crippen LogP contribution in [-0.4, -0.2) is 52.4 Å². The number of benzene rings is 1. The fraction of sp³-hybridized carbons (Fsp3) is 0.267. The molecule has 128 valence electrons. The van der Waals surface area contributed by atoms with Crippen molar-refractivity contribution in [3.63, 3.8) is 0 Å². The molecule has 1 N–H and O–H groups in total. The number of aromatic nitrogens is 2. The predicted octanol–water partition coefficient (Wildman–Crippen LogP) is 2.48. The Morgan fingerprint density at radius 3 is 2.62 bits per heavy atom. The number of aliphatic carboxylic acids is 1. The summed E-state index contributed by atoms with van der Waals surface area (Å²) in [5.74, 6) is -1.57. The van der Waals surface area contributed by atoms with Crippen molar-refractivity contribution in [2.45, 2.75) is 6.54 Å². The summed E-state index contributed by atoms with van der Waals surface area (Å²) in [7, 11) is 2.89. The fourth-order valence-electron chi connectivity index (χ4n) is 2.13. The molecule has 0 aliphatic carbocycles. The van der Waals surface area contributed by atoms with Crippen LogP contribution in [0.4, 0.5) is 0 Å². The van der Waals surface area contributed by atoms with Gasteiger partial charge in [0.25, 0.3) is 0 Å². The first kappa shape index (κ1) is 18.3. The van der Waals surface area contributed by atoms with Crippen molar-refractivity contribution in [1.29, 1.82) is 0 Å². The molecule has 0 saturated carbocycles. The summed E-state index contributed by atoms with van der Waals surface area (Å²) in [6, 6.07) is 4.94. The van der Waals surface area contributed by atoms with Crippen LogP contribution in [0.25, 0.3) is 5.69 Å². The molecule has 0 saturated heterocycles. The van der Waals surface area contributed by atoms with E-state index in [1.54, 1.807) is 36.3 Å². The molecule has 1 aromatic carbocycles. The monoisotopic (exact) mass is 371 g/mol. The van der Waals surface area contributed by atoms with Crippen molar-refractivity contribution < 1.29 is 19.4 Å². The van der Waals surface area contributed by atoms with Crippen molar-refractivity contribution in [1.82, 2.24) is 14.7 Å². The predicted molar refractivity (Wildman–Crippen MR) is 88.9 cm³/mol. The van der Waals surface area contributed by atoms with Gasteiger partial charge in [-0.05, 0) is 25.2 Å². The number of hydrogen-bond donors (Lipinski definition) is 1. The minimum Gasteiger partial charge on any atom is -0.480 e. The average Bonchev–Trinajstić information content (AvgIpc) is 2.92. The molecule has 0 aliphatic heterocycles. The molecule has 0 radical (unpaired) electrons. The van der Waals surface area contributed by atoms with E-state index in [1.165, 1.54) is 11.8 Å². The molecule has 9 heteroatoms. The summed E-state index contributed by atoms with van der Waals surface area (Å²) in [5.41, 5.74) is 1.26. The van der Waals surface area contributed by atoms with E-state index in [0.717, 1.165) is 0 Å². The third-order valence-electron chi connectivity index (χ3n) is 3.18.